The lowest BCUT2D eigenvalue weighted by Crippen LogP contribution is -2.51. The molecule has 0 radical (unpaired) electrons. The van der Waals surface area contributed by atoms with E-state index in [0.717, 1.165) is 0 Å². The van der Waals surface area contributed by atoms with Gasteiger partial charge in [-0.25, -0.2) is 4.79 Å². The van der Waals surface area contributed by atoms with E-state index in [4.69, 9.17) is 4.74 Å². The molecule has 0 aliphatic carbocycles. The van der Waals surface area contributed by atoms with Gasteiger partial charge in [0.15, 0.2) is 0 Å². The lowest BCUT2D eigenvalue weighted by atomic mass is 9.91. The minimum Gasteiger partial charge on any atom is -0.465 e. The monoisotopic (exact) mass is 436 g/mol. The topological polar surface area (TPSA) is 126 Å². The Morgan fingerprint density at radius 1 is 1.00 bits per heavy atom. The van der Waals surface area contributed by atoms with Crippen LogP contribution in [0.1, 0.15) is 41.5 Å². The van der Waals surface area contributed by atoms with Crippen molar-refractivity contribution in [3.8, 4) is 0 Å². The van der Waals surface area contributed by atoms with Crippen LogP contribution in [-0.2, 0) is 4.74 Å². The quantitative estimate of drug-likeness (QED) is 0.293. The van der Waals surface area contributed by atoms with Gasteiger partial charge in [0.2, 0.25) is 0 Å². The van der Waals surface area contributed by atoms with Crippen molar-refractivity contribution >= 4 is 28.9 Å². The number of esters is 1. The fraction of sp³-hybridized carbons (Fsp3) is 0.261. The van der Waals surface area contributed by atoms with Crippen LogP contribution in [-0.4, -0.2) is 30.1 Å². The standard InChI is InChI=1S/C23H24N4O5/c1-23(2,3)22(27-20(30)13-7-5-8-14(11-13)21(31)32-4)26-17-16(18(28)19(17)29)25-15-9-6-10-24-12-15/h5-12,22,25-26H,1-4H3,(H,27,30). The SMILES string of the molecule is COC(=O)c1cccc(C(=O)NC(Nc2c(Nc3cccnc3)c(=O)c2=O)C(C)(C)C)c1. The summed E-state index contributed by atoms with van der Waals surface area (Å²) < 4.78 is 4.69. The van der Waals surface area contributed by atoms with Crippen LogP contribution < -0.4 is 26.8 Å². The number of hydrogen-bond donors (Lipinski definition) is 3. The Labute approximate surface area is 184 Å². The molecule has 0 fully saturated rings. The first-order valence-corrected chi connectivity index (χ1v) is 9.88. The second-order valence-electron chi connectivity index (χ2n) is 8.26. The highest BCUT2D eigenvalue weighted by Crippen LogP contribution is 2.26. The molecule has 0 aliphatic rings. The summed E-state index contributed by atoms with van der Waals surface area (Å²) in [7, 11) is 1.26. The summed E-state index contributed by atoms with van der Waals surface area (Å²) in [5.41, 5.74) is -0.608. The molecule has 1 unspecified atom stereocenters. The Kier molecular flexibility index (Phi) is 6.38. The highest BCUT2D eigenvalue weighted by Gasteiger charge is 2.31. The highest BCUT2D eigenvalue weighted by atomic mass is 16.5. The van der Waals surface area contributed by atoms with Crippen LogP contribution in [0.15, 0.2) is 58.4 Å². The van der Waals surface area contributed by atoms with Gasteiger partial charge in [0.05, 0.1) is 24.6 Å². The third-order valence-electron chi connectivity index (χ3n) is 4.82. The number of methoxy groups -OCH3 is 1. The lowest BCUT2D eigenvalue weighted by Gasteiger charge is -2.33. The number of anilines is 3. The summed E-state index contributed by atoms with van der Waals surface area (Å²) in [6, 6.07) is 9.52. The van der Waals surface area contributed by atoms with Gasteiger partial charge < -0.3 is 20.7 Å². The Bertz CT molecular complexity index is 1210. The van der Waals surface area contributed by atoms with E-state index in [9.17, 15) is 19.2 Å². The fourth-order valence-electron chi connectivity index (χ4n) is 2.96. The van der Waals surface area contributed by atoms with Gasteiger partial charge in [0.25, 0.3) is 16.8 Å². The Balaban J connectivity index is 1.83. The number of rotatable bonds is 7. The lowest BCUT2D eigenvalue weighted by molar-refractivity contribution is 0.0600. The van der Waals surface area contributed by atoms with Crippen LogP contribution in [0.25, 0.3) is 0 Å². The number of nitrogens with one attached hydrogen (secondary N) is 3. The van der Waals surface area contributed by atoms with Crippen molar-refractivity contribution in [1.82, 2.24) is 10.3 Å². The van der Waals surface area contributed by atoms with E-state index in [1.54, 1.807) is 36.5 Å². The number of benzene rings is 1. The van der Waals surface area contributed by atoms with Gasteiger partial charge in [0.1, 0.15) is 17.5 Å². The van der Waals surface area contributed by atoms with Crippen LogP contribution in [0.3, 0.4) is 0 Å². The summed E-state index contributed by atoms with van der Waals surface area (Å²) in [4.78, 5) is 53.0. The van der Waals surface area contributed by atoms with Crippen molar-refractivity contribution in [2.75, 3.05) is 17.7 Å². The second kappa shape index (κ2) is 9.01. The molecule has 1 aromatic heterocycles. The maximum Gasteiger partial charge on any atom is 0.337 e. The van der Waals surface area contributed by atoms with Gasteiger partial charge in [-0.15, -0.1) is 0 Å². The van der Waals surface area contributed by atoms with E-state index in [1.165, 1.54) is 19.4 Å². The maximum atomic E-state index is 12.9. The van der Waals surface area contributed by atoms with Gasteiger partial charge in [-0.1, -0.05) is 26.8 Å². The summed E-state index contributed by atoms with van der Waals surface area (Å²) >= 11 is 0. The van der Waals surface area contributed by atoms with Crippen molar-refractivity contribution in [2.45, 2.75) is 26.9 Å². The summed E-state index contributed by atoms with van der Waals surface area (Å²) in [6.45, 7) is 5.61. The average molecular weight is 436 g/mol. The molecule has 0 saturated carbocycles. The molecule has 3 aromatic rings. The van der Waals surface area contributed by atoms with Crippen LogP contribution in [0.2, 0.25) is 0 Å². The van der Waals surface area contributed by atoms with Crippen LogP contribution >= 0.6 is 0 Å². The first-order valence-electron chi connectivity index (χ1n) is 9.88. The molecule has 3 N–H and O–H groups in total. The molecule has 166 valence electrons. The molecule has 0 saturated heterocycles. The minimum absolute atomic E-state index is 0.0855. The predicted molar refractivity (Wildman–Crippen MR) is 121 cm³/mol. The van der Waals surface area contributed by atoms with E-state index < -0.39 is 34.3 Å². The Morgan fingerprint density at radius 3 is 2.31 bits per heavy atom. The number of pyridine rings is 1. The molecule has 2 aromatic carbocycles. The van der Waals surface area contributed by atoms with E-state index in [0.29, 0.717) is 5.69 Å². The molecule has 9 nitrogen and oxygen atoms in total. The van der Waals surface area contributed by atoms with E-state index in [2.05, 4.69) is 20.9 Å². The molecule has 1 atom stereocenters. The van der Waals surface area contributed by atoms with Crippen molar-refractivity contribution in [3.05, 3.63) is 80.4 Å². The molecule has 9 heteroatoms. The molecule has 1 heterocycles. The molecule has 0 spiro atoms. The third kappa shape index (κ3) is 4.83. The zero-order valence-electron chi connectivity index (χ0n) is 18.2. The predicted octanol–water partition coefficient (Wildman–Crippen LogP) is 2.42. The molecule has 0 bridgehead atoms. The van der Waals surface area contributed by atoms with Crippen molar-refractivity contribution in [3.63, 3.8) is 0 Å². The normalized spacial score (nSPS) is 12.1. The molecule has 1 amide bonds. The Morgan fingerprint density at radius 2 is 1.69 bits per heavy atom. The van der Waals surface area contributed by atoms with Crippen molar-refractivity contribution in [2.24, 2.45) is 5.41 Å². The number of aromatic nitrogens is 1. The van der Waals surface area contributed by atoms with Gasteiger partial charge in [-0.05, 0) is 30.3 Å². The number of carbonyl (C=O) groups excluding carboxylic acids is 2. The highest BCUT2D eigenvalue weighted by molar-refractivity contribution is 5.98. The first-order chi connectivity index (χ1) is 15.1. The number of amides is 1. The maximum absolute atomic E-state index is 12.9. The van der Waals surface area contributed by atoms with E-state index in [1.807, 2.05) is 20.8 Å². The van der Waals surface area contributed by atoms with Crippen molar-refractivity contribution < 1.29 is 14.3 Å². The van der Waals surface area contributed by atoms with Crippen LogP contribution in [0.5, 0.6) is 0 Å². The molecule has 3 rings (SSSR count). The summed E-state index contributed by atoms with van der Waals surface area (Å²) in [5, 5.41) is 8.73. The van der Waals surface area contributed by atoms with E-state index in [-0.39, 0.29) is 22.5 Å². The fourth-order valence-corrected chi connectivity index (χ4v) is 2.96. The molecule has 0 aliphatic heterocycles. The third-order valence-corrected chi connectivity index (χ3v) is 4.82. The van der Waals surface area contributed by atoms with Gasteiger partial charge >= 0.3 is 5.97 Å². The van der Waals surface area contributed by atoms with E-state index >= 15 is 0 Å². The van der Waals surface area contributed by atoms with Gasteiger partial charge in [0, 0.05) is 17.2 Å². The Hall–Kier alpha value is -4.01. The number of nitrogens with zero attached hydrogens (tertiary/aromatic N) is 1. The second-order valence-corrected chi connectivity index (χ2v) is 8.26. The van der Waals surface area contributed by atoms with Crippen LogP contribution in [0, 0.1) is 5.41 Å². The number of ether oxygens (including phenoxy) is 1. The van der Waals surface area contributed by atoms with Gasteiger partial charge in [-0.3, -0.25) is 19.4 Å². The molecule has 32 heavy (non-hydrogen) atoms. The first kappa shape index (κ1) is 22.7. The zero-order valence-corrected chi connectivity index (χ0v) is 18.2. The minimum atomic E-state index is -0.700. The zero-order chi connectivity index (χ0) is 23.5. The molecular weight excluding hydrogens is 412 g/mol. The summed E-state index contributed by atoms with van der Waals surface area (Å²) in [6.07, 6.45) is 2.42. The average Bonchev–Trinajstić information content (AvgIpc) is 2.79. The number of carbonyl (C=O) groups is 2. The number of hydrogen-bond acceptors (Lipinski definition) is 8. The smallest absolute Gasteiger partial charge is 0.337 e. The molecular formula is C23H24N4O5. The van der Waals surface area contributed by atoms with Crippen LogP contribution in [0.4, 0.5) is 17.1 Å². The largest absolute Gasteiger partial charge is 0.465 e. The van der Waals surface area contributed by atoms with Crippen molar-refractivity contribution in [1.29, 1.82) is 0 Å². The van der Waals surface area contributed by atoms with Gasteiger partial charge in [-0.2, -0.15) is 0 Å². The summed E-state index contributed by atoms with van der Waals surface area (Å²) in [5.74, 6) is -1.01.